The predicted molar refractivity (Wildman–Crippen MR) is 145 cm³/mol. The van der Waals surface area contributed by atoms with Crippen LogP contribution in [0.3, 0.4) is 0 Å². The van der Waals surface area contributed by atoms with Crippen LogP contribution in [0, 0.1) is 0 Å². The maximum absolute atomic E-state index is 13.8. The highest BCUT2D eigenvalue weighted by molar-refractivity contribution is 6.10. The topological polar surface area (TPSA) is 122 Å². The summed E-state index contributed by atoms with van der Waals surface area (Å²) in [6.45, 7) is 8.03. The number of ether oxygens (including phenoxy) is 1. The number of hydrogen-bond acceptors (Lipinski definition) is 9. The number of aromatic nitrogens is 5. The Morgan fingerprint density at radius 3 is 2.67 bits per heavy atom. The zero-order valence-electron chi connectivity index (χ0n) is 22.8. The molecule has 1 fully saturated rings. The van der Waals surface area contributed by atoms with Gasteiger partial charge in [-0.1, -0.05) is 6.07 Å². The largest absolute Gasteiger partial charge is 0.443 e. The number of rotatable bonds is 5. The molecule has 1 saturated heterocycles. The summed E-state index contributed by atoms with van der Waals surface area (Å²) in [6.07, 6.45) is 1.33. The number of aryl methyl sites for hydroxylation is 1. The van der Waals surface area contributed by atoms with E-state index >= 15 is 0 Å². The Morgan fingerprint density at radius 2 is 1.90 bits per heavy atom. The number of carbonyl (C=O) groups is 2. The predicted octanol–water partition coefficient (Wildman–Crippen LogP) is 2.18. The highest BCUT2D eigenvalue weighted by Gasteiger charge is 2.36. The molecule has 3 aromatic heterocycles. The Labute approximate surface area is 227 Å². The van der Waals surface area contributed by atoms with Crippen LogP contribution in [-0.2, 0) is 29.8 Å². The van der Waals surface area contributed by atoms with Crippen LogP contribution < -0.4 is 15.1 Å². The van der Waals surface area contributed by atoms with Gasteiger partial charge < -0.3 is 24.4 Å². The molecule has 1 N–H and O–H groups in total. The van der Waals surface area contributed by atoms with Crippen molar-refractivity contribution in [3.63, 3.8) is 0 Å². The summed E-state index contributed by atoms with van der Waals surface area (Å²) in [5.41, 5.74) is 2.46. The first-order valence-corrected chi connectivity index (χ1v) is 13.3. The molecule has 0 saturated carbocycles. The lowest BCUT2D eigenvalue weighted by Crippen LogP contribution is -2.45. The van der Waals surface area contributed by atoms with Crippen molar-refractivity contribution < 1.29 is 14.3 Å². The van der Waals surface area contributed by atoms with E-state index in [0.29, 0.717) is 28.6 Å². The maximum Gasteiger partial charge on any atom is 0.407 e. The molecule has 3 aliphatic heterocycles. The van der Waals surface area contributed by atoms with E-state index in [-0.39, 0.29) is 24.6 Å². The molecule has 3 aromatic rings. The second kappa shape index (κ2) is 9.60. The summed E-state index contributed by atoms with van der Waals surface area (Å²) in [7, 11) is 3.60. The van der Waals surface area contributed by atoms with E-state index in [4.69, 9.17) is 14.7 Å². The third kappa shape index (κ3) is 4.48. The molecule has 0 bridgehead atoms. The number of fused-ring (bicyclic) bond motifs is 2. The molecular formula is C27H33N9O3. The summed E-state index contributed by atoms with van der Waals surface area (Å²) < 4.78 is 7.52. The maximum atomic E-state index is 13.8. The number of likely N-dealkylation sites (N-methyl/N-ethyl adjacent to an activating group) is 1. The lowest BCUT2D eigenvalue weighted by Gasteiger charge is -2.33. The second-order valence-corrected chi connectivity index (χ2v) is 10.9. The summed E-state index contributed by atoms with van der Waals surface area (Å²) in [6, 6.07) is 7.49. The van der Waals surface area contributed by atoms with Gasteiger partial charge in [0.05, 0.1) is 17.8 Å². The Bertz CT molecular complexity index is 1440. The van der Waals surface area contributed by atoms with Crippen molar-refractivity contribution in [2.45, 2.75) is 45.4 Å². The minimum Gasteiger partial charge on any atom is -0.443 e. The molecular weight excluding hydrogens is 498 g/mol. The highest BCUT2D eigenvalue weighted by Crippen LogP contribution is 2.36. The number of nitrogens with zero attached hydrogens (tertiary/aromatic N) is 8. The average Bonchev–Trinajstić information content (AvgIpc) is 3.61. The van der Waals surface area contributed by atoms with Gasteiger partial charge in [0, 0.05) is 50.7 Å². The van der Waals surface area contributed by atoms with Crippen LogP contribution in [0.25, 0.3) is 11.5 Å². The third-order valence-corrected chi connectivity index (χ3v) is 7.90. The molecule has 0 aromatic carbocycles. The molecule has 39 heavy (non-hydrogen) atoms. The molecule has 0 atom stereocenters. The van der Waals surface area contributed by atoms with Crippen molar-refractivity contribution in [2.75, 3.05) is 50.1 Å². The van der Waals surface area contributed by atoms with E-state index in [1.165, 1.54) is 7.05 Å². The first kappa shape index (κ1) is 25.2. The molecule has 0 aliphatic carbocycles. The highest BCUT2D eigenvalue weighted by atomic mass is 16.5. The minimum absolute atomic E-state index is 0.0286. The molecule has 12 nitrogen and oxygen atoms in total. The quantitative estimate of drug-likeness (QED) is 0.528. The van der Waals surface area contributed by atoms with Crippen LogP contribution in [-0.4, -0.2) is 81.9 Å². The number of anilines is 2. The van der Waals surface area contributed by atoms with E-state index < -0.39 is 6.09 Å². The van der Waals surface area contributed by atoms with Gasteiger partial charge in [-0.05, 0) is 45.5 Å². The monoisotopic (exact) mass is 531 g/mol. The van der Waals surface area contributed by atoms with Gasteiger partial charge in [-0.2, -0.15) is 0 Å². The van der Waals surface area contributed by atoms with Crippen LogP contribution in [0.5, 0.6) is 0 Å². The third-order valence-electron chi connectivity index (χ3n) is 7.90. The van der Waals surface area contributed by atoms with Gasteiger partial charge in [0.2, 0.25) is 0 Å². The SMILES string of the molecule is CNC(=O)OCc1nc(N2CCN(C)CC2)cc2c1CN(c1cccc(-c3nnc4n3C(C)(C)CC4)n1)C2=O. The fraction of sp³-hybridized carbons (Fsp3) is 0.481. The van der Waals surface area contributed by atoms with E-state index in [1.807, 2.05) is 24.3 Å². The summed E-state index contributed by atoms with van der Waals surface area (Å²) in [4.78, 5) is 41.5. The Morgan fingerprint density at radius 1 is 1.10 bits per heavy atom. The molecule has 6 rings (SSSR count). The van der Waals surface area contributed by atoms with Crippen LogP contribution in [0.4, 0.5) is 16.4 Å². The molecule has 2 amide bonds. The van der Waals surface area contributed by atoms with E-state index in [0.717, 1.165) is 56.2 Å². The van der Waals surface area contributed by atoms with Gasteiger partial charge in [-0.25, -0.2) is 14.8 Å². The second-order valence-electron chi connectivity index (χ2n) is 10.9. The van der Waals surface area contributed by atoms with Crippen molar-refractivity contribution in [3.8, 4) is 11.5 Å². The minimum atomic E-state index is -0.546. The lowest BCUT2D eigenvalue weighted by atomic mass is 10.0. The van der Waals surface area contributed by atoms with Crippen molar-refractivity contribution in [1.29, 1.82) is 0 Å². The molecule has 0 radical (unpaired) electrons. The van der Waals surface area contributed by atoms with Crippen molar-refractivity contribution in [3.05, 3.63) is 46.9 Å². The van der Waals surface area contributed by atoms with Crippen molar-refractivity contribution in [1.82, 2.24) is 34.9 Å². The summed E-state index contributed by atoms with van der Waals surface area (Å²) in [5, 5.41) is 11.3. The standard InChI is InChI=1S/C27H33N9O3/c1-27(2)9-8-22-31-32-24(36(22)27)19-6-5-7-21(29-19)35-15-18-17(25(35)37)14-23(34-12-10-33(4)11-13-34)30-20(18)16-39-26(38)28-3/h5-7,14H,8-13,15-16H2,1-4H3,(H,28,38). The fourth-order valence-electron chi connectivity index (χ4n) is 5.57. The Balaban J connectivity index is 1.34. The van der Waals surface area contributed by atoms with Gasteiger partial charge in [-0.15, -0.1) is 10.2 Å². The molecule has 12 heteroatoms. The van der Waals surface area contributed by atoms with E-state index in [2.05, 4.69) is 50.8 Å². The number of carbonyl (C=O) groups excluding carboxylic acids is 2. The summed E-state index contributed by atoms with van der Waals surface area (Å²) in [5.74, 6) is 2.75. The molecule has 204 valence electrons. The number of piperazine rings is 1. The zero-order chi connectivity index (χ0) is 27.3. The molecule has 0 spiro atoms. The zero-order valence-corrected chi connectivity index (χ0v) is 22.8. The summed E-state index contributed by atoms with van der Waals surface area (Å²) >= 11 is 0. The van der Waals surface area contributed by atoms with Gasteiger partial charge in [0.15, 0.2) is 5.82 Å². The first-order chi connectivity index (χ1) is 18.7. The van der Waals surface area contributed by atoms with Gasteiger partial charge in [0.1, 0.15) is 29.8 Å². The Hall–Kier alpha value is -4.06. The van der Waals surface area contributed by atoms with Gasteiger partial charge in [-0.3, -0.25) is 9.69 Å². The average molecular weight is 532 g/mol. The fourth-order valence-corrected chi connectivity index (χ4v) is 5.57. The van der Waals surface area contributed by atoms with E-state index in [9.17, 15) is 9.59 Å². The number of alkyl carbamates (subject to hydrolysis) is 1. The van der Waals surface area contributed by atoms with Crippen LogP contribution in [0.2, 0.25) is 0 Å². The number of nitrogens with one attached hydrogen (secondary N) is 1. The molecule has 0 unspecified atom stereocenters. The van der Waals surface area contributed by atoms with Crippen LogP contribution >= 0.6 is 0 Å². The van der Waals surface area contributed by atoms with Crippen molar-refractivity contribution >= 4 is 23.6 Å². The van der Waals surface area contributed by atoms with Crippen molar-refractivity contribution in [2.24, 2.45) is 0 Å². The van der Waals surface area contributed by atoms with Crippen LogP contribution in [0.1, 0.15) is 47.7 Å². The van der Waals surface area contributed by atoms with Gasteiger partial charge in [0.25, 0.3) is 5.91 Å². The number of hydrogen-bond donors (Lipinski definition) is 1. The van der Waals surface area contributed by atoms with Gasteiger partial charge >= 0.3 is 6.09 Å². The first-order valence-electron chi connectivity index (χ1n) is 13.3. The number of amides is 2. The molecule has 6 heterocycles. The smallest absolute Gasteiger partial charge is 0.407 e. The van der Waals surface area contributed by atoms with E-state index in [1.54, 1.807) is 4.90 Å². The number of pyridine rings is 2. The normalized spacial score (nSPS) is 18.3. The van der Waals surface area contributed by atoms with Crippen LogP contribution in [0.15, 0.2) is 24.3 Å². The molecule has 3 aliphatic rings. The Kier molecular flexibility index (Phi) is 6.21. The lowest BCUT2D eigenvalue weighted by molar-refractivity contribution is 0.0996.